The van der Waals surface area contributed by atoms with Gasteiger partial charge in [-0.15, -0.1) is 24.0 Å². The first-order valence-corrected chi connectivity index (χ1v) is 8.67. The summed E-state index contributed by atoms with van der Waals surface area (Å²) < 4.78 is 0. The van der Waals surface area contributed by atoms with Crippen LogP contribution in [0.2, 0.25) is 0 Å². The Morgan fingerprint density at radius 3 is 2.52 bits per heavy atom. The number of benzene rings is 1. The highest BCUT2D eigenvalue weighted by molar-refractivity contribution is 14.0. The Morgan fingerprint density at radius 1 is 1.22 bits per heavy atom. The van der Waals surface area contributed by atoms with Crippen molar-refractivity contribution >= 4 is 47.6 Å². The number of hydrogen-bond donors (Lipinski definition) is 3. The van der Waals surface area contributed by atoms with Gasteiger partial charge in [-0.05, 0) is 12.1 Å². The van der Waals surface area contributed by atoms with Crippen LogP contribution in [0.5, 0.6) is 5.75 Å². The first-order valence-electron chi connectivity index (χ1n) is 8.67. The number of nitrogens with one attached hydrogen (secondary N) is 2. The summed E-state index contributed by atoms with van der Waals surface area (Å²) >= 11 is 0. The van der Waals surface area contributed by atoms with Crippen LogP contribution in [0.25, 0.3) is 0 Å². The number of phenolic OH excluding ortho intramolecular Hbond substituents is 1. The minimum atomic E-state index is -0.344. The lowest BCUT2D eigenvalue weighted by molar-refractivity contribution is -0.124. The molecule has 2 saturated heterocycles. The highest BCUT2D eigenvalue weighted by Gasteiger charge is 2.28. The molecule has 0 aromatic heterocycles. The van der Waals surface area contributed by atoms with Crippen LogP contribution in [0.1, 0.15) is 0 Å². The molecule has 3 rings (SSSR count). The number of phenols is 1. The lowest BCUT2D eigenvalue weighted by Crippen LogP contribution is -2.53. The minimum absolute atomic E-state index is 0. The number of nitrogens with zero attached hydrogens (tertiary/aromatic N) is 4. The van der Waals surface area contributed by atoms with Gasteiger partial charge in [-0.2, -0.15) is 0 Å². The molecule has 0 spiro atoms. The van der Waals surface area contributed by atoms with E-state index in [0.717, 1.165) is 37.8 Å². The molecule has 0 unspecified atom stereocenters. The normalized spacial score (nSPS) is 17.7. The number of aliphatic imine (C=N–C) groups is 1. The van der Waals surface area contributed by atoms with E-state index in [2.05, 4.69) is 25.4 Å². The number of aromatic hydroxyl groups is 1. The quantitative estimate of drug-likeness (QED) is 0.244. The highest BCUT2D eigenvalue weighted by atomic mass is 127. The molecule has 3 N–H and O–H groups in total. The number of urea groups is 1. The molecule has 1 aromatic rings. The van der Waals surface area contributed by atoms with Crippen LogP contribution >= 0.6 is 24.0 Å². The van der Waals surface area contributed by atoms with Crippen LogP contribution < -0.4 is 15.5 Å². The SMILES string of the molecule is CN=C(NCCN1C(=O)CNC1=O)N1CCN(c2ccccc2O)CC1.I. The molecule has 0 radical (unpaired) electrons. The first kappa shape index (κ1) is 21.1. The molecule has 2 aliphatic rings. The summed E-state index contributed by atoms with van der Waals surface area (Å²) in [6.45, 7) is 3.89. The van der Waals surface area contributed by atoms with Gasteiger partial charge in [-0.25, -0.2) is 4.79 Å². The number of carbonyl (C=O) groups is 2. The van der Waals surface area contributed by atoms with Gasteiger partial charge in [0, 0.05) is 46.3 Å². The molecule has 27 heavy (non-hydrogen) atoms. The summed E-state index contributed by atoms with van der Waals surface area (Å²) in [7, 11) is 1.71. The number of rotatable bonds is 4. The average molecular weight is 488 g/mol. The predicted molar refractivity (Wildman–Crippen MR) is 114 cm³/mol. The number of carbonyl (C=O) groups excluding carboxylic acids is 2. The van der Waals surface area contributed by atoms with Crippen molar-refractivity contribution in [1.29, 1.82) is 0 Å². The molecule has 0 bridgehead atoms. The maximum Gasteiger partial charge on any atom is 0.324 e. The zero-order valence-electron chi connectivity index (χ0n) is 15.2. The molecule has 1 aromatic carbocycles. The first-order chi connectivity index (χ1) is 12.6. The summed E-state index contributed by atoms with van der Waals surface area (Å²) in [6.07, 6.45) is 0. The smallest absolute Gasteiger partial charge is 0.324 e. The number of hydrogen-bond acceptors (Lipinski definition) is 5. The van der Waals surface area contributed by atoms with Crippen LogP contribution in [0.4, 0.5) is 10.5 Å². The summed E-state index contributed by atoms with van der Waals surface area (Å²) in [5.41, 5.74) is 0.841. The maximum atomic E-state index is 11.6. The molecule has 3 amide bonds. The van der Waals surface area contributed by atoms with Gasteiger partial charge in [-0.3, -0.25) is 14.7 Å². The number of anilines is 1. The van der Waals surface area contributed by atoms with Crippen LogP contribution in [-0.2, 0) is 4.79 Å². The largest absolute Gasteiger partial charge is 0.506 e. The second-order valence-corrected chi connectivity index (χ2v) is 6.14. The Bertz CT molecular complexity index is 690. The zero-order valence-corrected chi connectivity index (χ0v) is 17.6. The fourth-order valence-electron chi connectivity index (χ4n) is 3.18. The van der Waals surface area contributed by atoms with Crippen molar-refractivity contribution in [2.24, 2.45) is 4.99 Å². The van der Waals surface area contributed by atoms with Crippen LogP contribution in [0.3, 0.4) is 0 Å². The van der Waals surface area contributed by atoms with E-state index in [-0.39, 0.29) is 48.2 Å². The van der Waals surface area contributed by atoms with Gasteiger partial charge in [0.05, 0.1) is 12.2 Å². The molecule has 148 valence electrons. The van der Waals surface area contributed by atoms with E-state index >= 15 is 0 Å². The van der Waals surface area contributed by atoms with Crippen LogP contribution in [-0.4, -0.2) is 85.7 Å². The Morgan fingerprint density at radius 2 is 1.93 bits per heavy atom. The van der Waals surface area contributed by atoms with E-state index < -0.39 is 0 Å². The number of amides is 3. The standard InChI is InChI=1S/C17H24N6O3.HI/c1-18-16(19-6-7-23-15(25)12-20-17(23)26)22-10-8-21(9-11-22)13-4-2-3-5-14(13)24;/h2-5,24H,6-12H2,1H3,(H,18,19)(H,20,26);1H. The molecular weight excluding hydrogens is 463 g/mol. The van der Waals surface area contributed by atoms with Crippen LogP contribution in [0, 0.1) is 0 Å². The van der Waals surface area contributed by atoms with E-state index in [9.17, 15) is 14.7 Å². The van der Waals surface area contributed by atoms with E-state index in [0.29, 0.717) is 13.1 Å². The number of imide groups is 1. The van der Waals surface area contributed by atoms with E-state index in [1.54, 1.807) is 13.1 Å². The van der Waals surface area contributed by atoms with Crippen molar-refractivity contribution in [2.75, 3.05) is 57.8 Å². The van der Waals surface area contributed by atoms with Gasteiger partial charge in [0.2, 0.25) is 5.91 Å². The van der Waals surface area contributed by atoms with Crippen molar-refractivity contribution in [1.82, 2.24) is 20.4 Å². The van der Waals surface area contributed by atoms with Gasteiger partial charge >= 0.3 is 6.03 Å². The molecule has 9 nitrogen and oxygen atoms in total. The molecule has 10 heteroatoms. The molecular formula is C17H25IN6O3. The molecule has 0 saturated carbocycles. The second kappa shape index (κ2) is 9.62. The third-order valence-electron chi connectivity index (χ3n) is 4.57. The monoisotopic (exact) mass is 488 g/mol. The summed E-state index contributed by atoms with van der Waals surface area (Å²) in [6, 6.07) is 6.99. The van der Waals surface area contributed by atoms with Gasteiger partial charge in [0.15, 0.2) is 5.96 Å². The lowest BCUT2D eigenvalue weighted by Gasteiger charge is -2.37. The van der Waals surface area contributed by atoms with Crippen molar-refractivity contribution < 1.29 is 14.7 Å². The molecule has 2 fully saturated rings. The van der Waals surface area contributed by atoms with E-state index in [4.69, 9.17) is 0 Å². The fraction of sp³-hybridized carbons (Fsp3) is 0.471. The highest BCUT2D eigenvalue weighted by Crippen LogP contribution is 2.27. The summed E-state index contributed by atoms with van der Waals surface area (Å²) in [5, 5.41) is 15.7. The minimum Gasteiger partial charge on any atom is -0.506 e. The summed E-state index contributed by atoms with van der Waals surface area (Å²) in [4.78, 5) is 32.9. The average Bonchev–Trinajstić information content (AvgIpc) is 2.98. The third-order valence-corrected chi connectivity index (χ3v) is 4.57. The van der Waals surface area contributed by atoms with E-state index in [1.807, 2.05) is 18.2 Å². The Labute approximate surface area is 175 Å². The Hall–Kier alpha value is -2.24. The Balaban J connectivity index is 0.00000261. The fourth-order valence-corrected chi connectivity index (χ4v) is 3.18. The second-order valence-electron chi connectivity index (χ2n) is 6.14. The van der Waals surface area contributed by atoms with Gasteiger partial charge < -0.3 is 25.5 Å². The number of para-hydroxylation sites is 2. The number of halogens is 1. The van der Waals surface area contributed by atoms with Crippen molar-refractivity contribution in [3.05, 3.63) is 24.3 Å². The van der Waals surface area contributed by atoms with Crippen molar-refractivity contribution in [2.45, 2.75) is 0 Å². The molecule has 2 heterocycles. The topological polar surface area (TPSA) is 101 Å². The molecule has 2 aliphatic heterocycles. The van der Waals surface area contributed by atoms with Gasteiger partial charge in [0.25, 0.3) is 0 Å². The van der Waals surface area contributed by atoms with Crippen LogP contribution in [0.15, 0.2) is 29.3 Å². The number of piperazine rings is 1. The zero-order chi connectivity index (χ0) is 18.5. The third kappa shape index (κ3) is 4.93. The van der Waals surface area contributed by atoms with Gasteiger partial charge in [0.1, 0.15) is 5.75 Å². The molecule has 0 aliphatic carbocycles. The van der Waals surface area contributed by atoms with Crippen molar-refractivity contribution in [3.8, 4) is 5.75 Å². The van der Waals surface area contributed by atoms with Gasteiger partial charge in [-0.1, -0.05) is 12.1 Å². The summed E-state index contributed by atoms with van der Waals surface area (Å²) in [5.74, 6) is 0.828. The Kier molecular flexibility index (Phi) is 7.51. The van der Waals surface area contributed by atoms with Crippen molar-refractivity contribution in [3.63, 3.8) is 0 Å². The molecule has 0 atom stereocenters. The van der Waals surface area contributed by atoms with E-state index in [1.165, 1.54) is 4.90 Å². The predicted octanol–water partition coefficient (Wildman–Crippen LogP) is 0.259. The number of guanidine groups is 1. The lowest BCUT2D eigenvalue weighted by atomic mass is 10.2. The maximum absolute atomic E-state index is 11.6.